The van der Waals surface area contributed by atoms with Crippen LogP contribution in [0, 0.1) is 11.3 Å². The average molecular weight is 287 g/mol. The lowest BCUT2D eigenvalue weighted by molar-refractivity contribution is 0.0793. The molecule has 0 radical (unpaired) electrons. The zero-order chi connectivity index (χ0) is 15.4. The topological polar surface area (TPSA) is 78.4 Å². The molecular weight excluding hydrogens is 270 g/mol. The van der Waals surface area contributed by atoms with Crippen LogP contribution >= 0.6 is 0 Å². The number of nitrogens with one attached hydrogen (secondary N) is 1. The fraction of sp³-hybridized carbons (Fsp3) is 0.333. The molecule has 0 aliphatic heterocycles. The van der Waals surface area contributed by atoms with Gasteiger partial charge in [0.2, 0.25) is 0 Å². The first-order chi connectivity index (χ1) is 10.1. The second kappa shape index (κ2) is 6.18. The van der Waals surface area contributed by atoms with Crippen molar-refractivity contribution in [2.24, 2.45) is 0 Å². The van der Waals surface area contributed by atoms with E-state index in [4.69, 9.17) is 14.7 Å². The Labute approximate surface area is 122 Å². The number of aromatic nitrogens is 1. The van der Waals surface area contributed by atoms with Gasteiger partial charge in [-0.05, 0) is 12.1 Å². The number of nitriles is 1. The van der Waals surface area contributed by atoms with Crippen molar-refractivity contribution in [3.05, 3.63) is 23.9 Å². The van der Waals surface area contributed by atoms with E-state index in [1.54, 1.807) is 33.4 Å². The van der Waals surface area contributed by atoms with Crippen molar-refractivity contribution in [2.75, 3.05) is 27.8 Å². The van der Waals surface area contributed by atoms with Gasteiger partial charge in [0.25, 0.3) is 5.91 Å². The minimum Gasteiger partial charge on any atom is -0.493 e. The van der Waals surface area contributed by atoms with Gasteiger partial charge in [-0.15, -0.1) is 0 Å². The standard InChI is InChI=1S/C15H17N3O3/c1-18(6-4-5-16)15(19)12-7-10-8-13(20-2)14(21-3)9-11(10)17-12/h7-9,17H,4,6H2,1-3H3. The van der Waals surface area contributed by atoms with Crippen molar-refractivity contribution in [3.8, 4) is 17.6 Å². The van der Waals surface area contributed by atoms with Gasteiger partial charge in [0.15, 0.2) is 11.5 Å². The molecule has 0 aliphatic carbocycles. The maximum absolute atomic E-state index is 12.3. The molecule has 0 aliphatic rings. The molecule has 2 aromatic rings. The number of hydrogen-bond donors (Lipinski definition) is 1. The number of carbonyl (C=O) groups is 1. The van der Waals surface area contributed by atoms with Crippen molar-refractivity contribution in [3.63, 3.8) is 0 Å². The van der Waals surface area contributed by atoms with Crippen molar-refractivity contribution < 1.29 is 14.3 Å². The van der Waals surface area contributed by atoms with Gasteiger partial charge >= 0.3 is 0 Å². The van der Waals surface area contributed by atoms with Gasteiger partial charge in [-0.2, -0.15) is 5.26 Å². The molecule has 0 atom stereocenters. The van der Waals surface area contributed by atoms with Gasteiger partial charge < -0.3 is 19.4 Å². The Balaban J connectivity index is 2.34. The fourth-order valence-corrected chi connectivity index (χ4v) is 2.10. The van der Waals surface area contributed by atoms with E-state index in [2.05, 4.69) is 4.98 Å². The van der Waals surface area contributed by atoms with E-state index in [1.165, 1.54) is 4.90 Å². The zero-order valence-electron chi connectivity index (χ0n) is 12.3. The van der Waals surface area contributed by atoms with Gasteiger partial charge in [-0.3, -0.25) is 4.79 Å². The predicted octanol–water partition coefficient (Wildman–Crippen LogP) is 2.17. The number of nitrogens with zero attached hydrogens (tertiary/aromatic N) is 2. The highest BCUT2D eigenvalue weighted by Gasteiger charge is 2.15. The number of fused-ring (bicyclic) bond motifs is 1. The van der Waals surface area contributed by atoms with Gasteiger partial charge in [-0.25, -0.2) is 0 Å². The molecule has 6 nitrogen and oxygen atoms in total. The van der Waals surface area contributed by atoms with E-state index in [-0.39, 0.29) is 5.91 Å². The average Bonchev–Trinajstić information content (AvgIpc) is 2.92. The summed E-state index contributed by atoms with van der Waals surface area (Å²) in [6.45, 7) is 0.400. The number of hydrogen-bond acceptors (Lipinski definition) is 4. The summed E-state index contributed by atoms with van der Waals surface area (Å²) >= 11 is 0. The number of methoxy groups -OCH3 is 2. The SMILES string of the molecule is COc1cc2cc(C(=O)N(C)CCC#N)[nH]c2cc1OC. The fourth-order valence-electron chi connectivity index (χ4n) is 2.10. The Kier molecular flexibility index (Phi) is 4.33. The second-order valence-corrected chi connectivity index (χ2v) is 4.61. The third-order valence-electron chi connectivity index (χ3n) is 3.26. The molecule has 2 rings (SSSR count). The van der Waals surface area contributed by atoms with E-state index in [0.717, 1.165) is 10.9 Å². The zero-order valence-corrected chi connectivity index (χ0v) is 12.3. The molecule has 0 bridgehead atoms. The minimum absolute atomic E-state index is 0.153. The number of amides is 1. The second-order valence-electron chi connectivity index (χ2n) is 4.61. The first kappa shape index (κ1) is 14.7. The quantitative estimate of drug-likeness (QED) is 0.914. The van der Waals surface area contributed by atoms with E-state index in [0.29, 0.717) is 30.2 Å². The van der Waals surface area contributed by atoms with Gasteiger partial charge in [-0.1, -0.05) is 0 Å². The van der Waals surface area contributed by atoms with Crippen LogP contribution < -0.4 is 9.47 Å². The predicted molar refractivity (Wildman–Crippen MR) is 78.6 cm³/mol. The molecule has 21 heavy (non-hydrogen) atoms. The molecule has 0 saturated heterocycles. The smallest absolute Gasteiger partial charge is 0.270 e. The molecule has 0 unspecified atom stereocenters. The Morgan fingerprint density at radius 2 is 1.95 bits per heavy atom. The highest BCUT2D eigenvalue weighted by molar-refractivity contribution is 5.98. The number of rotatable bonds is 5. The molecule has 1 aromatic carbocycles. The molecule has 0 fully saturated rings. The number of ether oxygens (including phenoxy) is 2. The summed E-state index contributed by atoms with van der Waals surface area (Å²) < 4.78 is 10.5. The summed E-state index contributed by atoms with van der Waals surface area (Å²) in [5, 5.41) is 9.44. The van der Waals surface area contributed by atoms with Crippen molar-refractivity contribution in [2.45, 2.75) is 6.42 Å². The number of aromatic amines is 1. The van der Waals surface area contributed by atoms with E-state index >= 15 is 0 Å². The van der Waals surface area contributed by atoms with Gasteiger partial charge in [0, 0.05) is 30.6 Å². The lowest BCUT2D eigenvalue weighted by Crippen LogP contribution is -2.27. The normalized spacial score (nSPS) is 10.2. The Bertz CT molecular complexity index is 659. The van der Waals surface area contributed by atoms with Crippen LogP contribution in [-0.4, -0.2) is 43.6 Å². The van der Waals surface area contributed by atoms with Crippen LogP contribution in [0.2, 0.25) is 0 Å². The lowest BCUT2D eigenvalue weighted by atomic mass is 10.2. The lowest BCUT2D eigenvalue weighted by Gasteiger charge is -2.13. The molecule has 1 amide bonds. The van der Waals surface area contributed by atoms with Crippen molar-refractivity contribution >= 4 is 16.8 Å². The Hall–Kier alpha value is -2.68. The van der Waals surface area contributed by atoms with Crippen molar-refractivity contribution in [1.29, 1.82) is 5.26 Å². The molecule has 1 heterocycles. The van der Waals surface area contributed by atoms with Crippen LogP contribution in [0.4, 0.5) is 0 Å². The van der Waals surface area contributed by atoms with Crippen LogP contribution in [-0.2, 0) is 0 Å². The Morgan fingerprint density at radius 1 is 1.29 bits per heavy atom. The largest absolute Gasteiger partial charge is 0.493 e. The maximum Gasteiger partial charge on any atom is 0.270 e. The summed E-state index contributed by atoms with van der Waals surface area (Å²) in [5.74, 6) is 1.06. The number of H-pyrrole nitrogens is 1. The molecule has 110 valence electrons. The molecule has 6 heteroatoms. The van der Waals surface area contributed by atoms with Gasteiger partial charge in [0.1, 0.15) is 5.69 Å². The molecule has 1 aromatic heterocycles. The number of carbonyl (C=O) groups excluding carboxylic acids is 1. The summed E-state index contributed by atoms with van der Waals surface area (Å²) in [6, 6.07) is 7.40. The van der Waals surface area contributed by atoms with E-state index < -0.39 is 0 Å². The highest BCUT2D eigenvalue weighted by atomic mass is 16.5. The van der Waals surface area contributed by atoms with E-state index in [1.807, 2.05) is 12.1 Å². The number of benzene rings is 1. The summed E-state index contributed by atoms with van der Waals surface area (Å²) in [7, 11) is 4.80. The van der Waals surface area contributed by atoms with Crippen molar-refractivity contribution in [1.82, 2.24) is 9.88 Å². The van der Waals surface area contributed by atoms with Crippen LogP contribution in [0.25, 0.3) is 10.9 Å². The minimum atomic E-state index is -0.153. The third-order valence-corrected chi connectivity index (χ3v) is 3.26. The maximum atomic E-state index is 12.3. The van der Waals surface area contributed by atoms with Crippen LogP contribution in [0.15, 0.2) is 18.2 Å². The van der Waals surface area contributed by atoms with Crippen LogP contribution in [0.3, 0.4) is 0 Å². The molecule has 0 saturated carbocycles. The first-order valence-corrected chi connectivity index (χ1v) is 6.48. The third kappa shape index (κ3) is 2.92. The van der Waals surface area contributed by atoms with Crippen LogP contribution in [0.5, 0.6) is 11.5 Å². The summed E-state index contributed by atoms with van der Waals surface area (Å²) in [5.41, 5.74) is 1.27. The molecule has 1 N–H and O–H groups in total. The monoisotopic (exact) mass is 287 g/mol. The molecular formula is C15H17N3O3. The van der Waals surface area contributed by atoms with Gasteiger partial charge in [0.05, 0.1) is 26.7 Å². The molecule has 0 spiro atoms. The summed E-state index contributed by atoms with van der Waals surface area (Å²) in [4.78, 5) is 16.8. The van der Waals surface area contributed by atoms with Crippen LogP contribution in [0.1, 0.15) is 16.9 Å². The first-order valence-electron chi connectivity index (χ1n) is 6.48. The highest BCUT2D eigenvalue weighted by Crippen LogP contribution is 2.32. The van der Waals surface area contributed by atoms with E-state index in [9.17, 15) is 4.79 Å². The Morgan fingerprint density at radius 3 is 2.57 bits per heavy atom. The summed E-state index contributed by atoms with van der Waals surface area (Å²) in [6.07, 6.45) is 0.310.